The van der Waals surface area contributed by atoms with E-state index in [1.165, 1.54) is 7.11 Å². The molecule has 0 saturated carbocycles. The van der Waals surface area contributed by atoms with E-state index in [0.29, 0.717) is 12.8 Å². The molecule has 0 saturated heterocycles. The van der Waals surface area contributed by atoms with Crippen molar-refractivity contribution in [2.75, 3.05) is 13.7 Å². The minimum atomic E-state index is -0.197. The van der Waals surface area contributed by atoms with Crippen molar-refractivity contribution >= 4 is 5.97 Å². The summed E-state index contributed by atoms with van der Waals surface area (Å²) in [7, 11) is 1.40. The van der Waals surface area contributed by atoms with Crippen LogP contribution in [0.5, 0.6) is 0 Å². The van der Waals surface area contributed by atoms with Crippen molar-refractivity contribution in [3.63, 3.8) is 0 Å². The van der Waals surface area contributed by atoms with E-state index in [2.05, 4.69) is 9.72 Å². The molecule has 18 heavy (non-hydrogen) atoms. The lowest BCUT2D eigenvalue weighted by Gasteiger charge is -2.22. The third kappa shape index (κ3) is 4.84. The van der Waals surface area contributed by atoms with Crippen LogP contribution in [0.4, 0.5) is 0 Å². The fourth-order valence-corrected chi connectivity index (χ4v) is 1.85. The van der Waals surface area contributed by atoms with Crippen molar-refractivity contribution in [2.24, 2.45) is 5.41 Å². The first-order chi connectivity index (χ1) is 8.46. The zero-order valence-corrected chi connectivity index (χ0v) is 11.3. The zero-order chi connectivity index (χ0) is 13.6. The second-order valence-electron chi connectivity index (χ2n) is 5.23. The molecular weight excluding hydrogens is 230 g/mol. The minimum absolute atomic E-state index is 0.134. The molecule has 1 aromatic rings. The van der Waals surface area contributed by atoms with Gasteiger partial charge in [-0.3, -0.25) is 9.78 Å². The van der Waals surface area contributed by atoms with E-state index in [-0.39, 0.29) is 18.0 Å². The molecule has 0 radical (unpaired) electrons. The van der Waals surface area contributed by atoms with E-state index in [4.69, 9.17) is 5.11 Å². The van der Waals surface area contributed by atoms with Gasteiger partial charge < -0.3 is 9.84 Å². The smallest absolute Gasteiger partial charge is 0.306 e. The van der Waals surface area contributed by atoms with Crippen molar-refractivity contribution in [1.82, 2.24) is 4.98 Å². The number of aromatic nitrogens is 1. The Labute approximate surface area is 108 Å². The number of aliphatic hydroxyl groups excluding tert-OH is 1. The average Bonchev–Trinajstić information content (AvgIpc) is 2.31. The van der Waals surface area contributed by atoms with Gasteiger partial charge in [-0.2, -0.15) is 0 Å². The molecule has 0 aliphatic heterocycles. The monoisotopic (exact) mass is 251 g/mol. The number of ether oxygens (including phenoxy) is 1. The maximum atomic E-state index is 11.3. The Bertz CT molecular complexity index is 385. The van der Waals surface area contributed by atoms with Crippen molar-refractivity contribution in [2.45, 2.75) is 33.1 Å². The van der Waals surface area contributed by atoms with Gasteiger partial charge in [0.25, 0.3) is 0 Å². The molecule has 0 aromatic carbocycles. The quantitative estimate of drug-likeness (QED) is 0.782. The van der Waals surface area contributed by atoms with Crippen molar-refractivity contribution in [3.05, 3.63) is 29.6 Å². The second-order valence-corrected chi connectivity index (χ2v) is 5.23. The molecule has 0 spiro atoms. The van der Waals surface area contributed by atoms with Crippen LogP contribution >= 0.6 is 0 Å². The number of nitrogens with zero attached hydrogens (tertiary/aromatic N) is 1. The van der Waals surface area contributed by atoms with Gasteiger partial charge in [-0.05, 0) is 29.9 Å². The first-order valence-electron chi connectivity index (χ1n) is 6.08. The second kappa shape index (κ2) is 6.50. The van der Waals surface area contributed by atoms with Crippen LogP contribution in [-0.2, 0) is 22.4 Å². The van der Waals surface area contributed by atoms with Gasteiger partial charge in [0.2, 0.25) is 0 Å². The largest absolute Gasteiger partial charge is 0.469 e. The molecule has 4 nitrogen and oxygen atoms in total. The number of aliphatic hydroxyl groups is 1. The molecule has 1 N–H and O–H groups in total. The number of hydrogen-bond acceptors (Lipinski definition) is 4. The first-order valence-corrected chi connectivity index (χ1v) is 6.08. The van der Waals surface area contributed by atoms with Gasteiger partial charge in [-0.1, -0.05) is 19.9 Å². The molecule has 0 fully saturated rings. The van der Waals surface area contributed by atoms with E-state index >= 15 is 0 Å². The minimum Gasteiger partial charge on any atom is -0.469 e. The van der Waals surface area contributed by atoms with Crippen molar-refractivity contribution in [3.8, 4) is 0 Å². The Morgan fingerprint density at radius 2 is 2.17 bits per heavy atom. The highest BCUT2D eigenvalue weighted by molar-refractivity contribution is 5.70. The molecule has 0 aliphatic rings. The average molecular weight is 251 g/mol. The van der Waals surface area contributed by atoms with Crippen LogP contribution in [0.3, 0.4) is 0 Å². The topological polar surface area (TPSA) is 59.4 Å². The van der Waals surface area contributed by atoms with Crippen LogP contribution in [0.25, 0.3) is 0 Å². The van der Waals surface area contributed by atoms with Crippen LogP contribution in [-0.4, -0.2) is 29.8 Å². The van der Waals surface area contributed by atoms with Crippen LogP contribution in [0.2, 0.25) is 0 Å². The molecular formula is C14H21NO3. The maximum Gasteiger partial charge on any atom is 0.306 e. The summed E-state index contributed by atoms with van der Waals surface area (Å²) in [6.07, 6.45) is 3.50. The summed E-state index contributed by atoms with van der Waals surface area (Å²) in [5.74, 6) is -0.197. The molecule has 100 valence electrons. The predicted octanol–water partition coefficient (Wildman–Crippen LogP) is 1.75. The van der Waals surface area contributed by atoms with Gasteiger partial charge in [-0.25, -0.2) is 0 Å². The van der Waals surface area contributed by atoms with Crippen LogP contribution < -0.4 is 0 Å². The Kier molecular flexibility index (Phi) is 5.28. The molecule has 1 heterocycles. The molecule has 1 rings (SSSR count). The van der Waals surface area contributed by atoms with E-state index in [0.717, 1.165) is 17.7 Å². The summed E-state index contributed by atoms with van der Waals surface area (Å²) in [6.45, 7) is 4.18. The van der Waals surface area contributed by atoms with Crippen molar-refractivity contribution < 1.29 is 14.6 Å². The lowest BCUT2D eigenvalue weighted by atomic mass is 9.84. The Balaban J connectivity index is 2.63. The van der Waals surface area contributed by atoms with Crippen LogP contribution in [0, 0.1) is 5.41 Å². The Morgan fingerprint density at radius 3 is 2.67 bits per heavy atom. The lowest BCUT2D eigenvalue weighted by Crippen LogP contribution is -2.21. The third-order valence-electron chi connectivity index (χ3n) is 2.80. The first kappa shape index (κ1) is 14.6. The predicted molar refractivity (Wildman–Crippen MR) is 69.1 cm³/mol. The van der Waals surface area contributed by atoms with Gasteiger partial charge in [0.1, 0.15) is 0 Å². The molecule has 0 aliphatic carbocycles. The molecule has 1 aromatic heterocycles. The highest BCUT2D eigenvalue weighted by Gasteiger charge is 2.23. The number of carbonyl (C=O) groups is 1. The van der Waals surface area contributed by atoms with Crippen LogP contribution in [0.15, 0.2) is 18.3 Å². The SMILES string of the molecule is COC(=O)CC(C)(C)Cc1ccc(CCO)cn1. The number of methoxy groups -OCH3 is 1. The van der Waals surface area contributed by atoms with Gasteiger partial charge >= 0.3 is 5.97 Å². The fraction of sp³-hybridized carbons (Fsp3) is 0.571. The zero-order valence-electron chi connectivity index (χ0n) is 11.3. The third-order valence-corrected chi connectivity index (χ3v) is 2.80. The van der Waals surface area contributed by atoms with Gasteiger partial charge in [0, 0.05) is 18.5 Å². The molecule has 0 atom stereocenters. The van der Waals surface area contributed by atoms with Crippen LogP contribution in [0.1, 0.15) is 31.5 Å². The highest BCUT2D eigenvalue weighted by Crippen LogP contribution is 2.25. The maximum absolute atomic E-state index is 11.3. The van der Waals surface area contributed by atoms with E-state index in [1.54, 1.807) is 6.20 Å². The van der Waals surface area contributed by atoms with E-state index in [1.807, 2.05) is 26.0 Å². The number of hydrogen-bond donors (Lipinski definition) is 1. The van der Waals surface area contributed by atoms with E-state index in [9.17, 15) is 4.79 Å². The Morgan fingerprint density at radius 1 is 1.44 bits per heavy atom. The number of pyridine rings is 1. The summed E-state index contributed by atoms with van der Waals surface area (Å²) in [6, 6.07) is 3.91. The highest BCUT2D eigenvalue weighted by atomic mass is 16.5. The fourth-order valence-electron chi connectivity index (χ4n) is 1.85. The lowest BCUT2D eigenvalue weighted by molar-refractivity contribution is -0.142. The van der Waals surface area contributed by atoms with Crippen molar-refractivity contribution in [1.29, 1.82) is 0 Å². The van der Waals surface area contributed by atoms with Gasteiger partial charge in [-0.15, -0.1) is 0 Å². The summed E-state index contributed by atoms with van der Waals surface area (Å²) in [4.78, 5) is 15.6. The summed E-state index contributed by atoms with van der Waals surface area (Å²) < 4.78 is 4.69. The Hall–Kier alpha value is -1.42. The number of rotatable bonds is 6. The van der Waals surface area contributed by atoms with Gasteiger partial charge in [0.15, 0.2) is 0 Å². The standard InChI is InChI=1S/C14H21NO3/c1-14(2,9-13(17)18-3)8-12-5-4-11(6-7-16)10-15-12/h4-5,10,16H,6-9H2,1-3H3. The normalized spacial score (nSPS) is 11.3. The summed E-state index contributed by atoms with van der Waals surface area (Å²) in [5.41, 5.74) is 1.80. The number of carbonyl (C=O) groups excluding carboxylic acids is 1. The summed E-state index contributed by atoms with van der Waals surface area (Å²) >= 11 is 0. The molecule has 4 heteroatoms. The molecule has 0 amide bonds. The molecule has 0 unspecified atom stereocenters. The van der Waals surface area contributed by atoms with Gasteiger partial charge in [0.05, 0.1) is 13.5 Å². The molecule has 0 bridgehead atoms. The van der Waals surface area contributed by atoms with E-state index < -0.39 is 0 Å². The number of esters is 1. The summed E-state index contributed by atoms with van der Waals surface area (Å²) in [5, 5.41) is 8.82.